The van der Waals surface area contributed by atoms with Gasteiger partial charge in [0.1, 0.15) is 0 Å². The van der Waals surface area contributed by atoms with Crippen LogP contribution in [0.2, 0.25) is 0 Å². The first-order valence-corrected chi connectivity index (χ1v) is 5.82. The van der Waals surface area contributed by atoms with Gasteiger partial charge >= 0.3 is 0 Å². The first kappa shape index (κ1) is 11.1. The number of rotatable bonds is 5. The number of hydrogen-bond acceptors (Lipinski definition) is 2. The van der Waals surface area contributed by atoms with E-state index in [1.807, 2.05) is 13.0 Å². The molecule has 1 aliphatic carbocycles. The topological polar surface area (TPSA) is 55.1 Å². The summed E-state index contributed by atoms with van der Waals surface area (Å²) in [6.45, 7) is 1.97. The van der Waals surface area contributed by atoms with E-state index in [1.165, 1.54) is 5.56 Å². The van der Waals surface area contributed by atoms with Gasteiger partial charge in [-0.3, -0.25) is 4.79 Å². The van der Waals surface area contributed by atoms with Crippen molar-refractivity contribution in [3.63, 3.8) is 0 Å². The molecule has 0 bridgehead atoms. The number of nitrogens with two attached hydrogens (primary N) is 1. The average molecular weight is 218 g/mol. The van der Waals surface area contributed by atoms with Gasteiger partial charge in [-0.05, 0) is 18.4 Å². The lowest BCUT2D eigenvalue weighted by atomic mass is 10.1. The van der Waals surface area contributed by atoms with Gasteiger partial charge in [-0.1, -0.05) is 37.3 Å². The molecule has 0 radical (unpaired) electrons. The fourth-order valence-corrected chi connectivity index (χ4v) is 2.11. The molecule has 16 heavy (non-hydrogen) atoms. The molecular formula is C13H18N2O. The Bertz CT molecular complexity index is 363. The largest absolute Gasteiger partial charge is 0.368 e. The lowest BCUT2D eigenvalue weighted by molar-refractivity contribution is -0.120. The lowest BCUT2D eigenvalue weighted by Gasteiger charge is -2.12. The second-order valence-electron chi connectivity index (χ2n) is 4.39. The van der Waals surface area contributed by atoms with Crippen LogP contribution in [0.4, 0.5) is 0 Å². The molecule has 86 valence electrons. The molecule has 1 saturated carbocycles. The summed E-state index contributed by atoms with van der Waals surface area (Å²) in [6.07, 6.45) is 1.86. The molecule has 0 aromatic heterocycles. The molecule has 3 N–H and O–H groups in total. The van der Waals surface area contributed by atoms with Crippen LogP contribution < -0.4 is 11.1 Å². The summed E-state index contributed by atoms with van der Waals surface area (Å²) in [5.74, 6) is 0.302. The van der Waals surface area contributed by atoms with E-state index in [4.69, 9.17) is 5.73 Å². The number of primary amides is 1. The summed E-state index contributed by atoms with van der Waals surface area (Å²) in [5, 5.41) is 3.31. The van der Waals surface area contributed by atoms with Crippen LogP contribution in [-0.2, 0) is 4.79 Å². The lowest BCUT2D eigenvalue weighted by Crippen LogP contribution is -2.42. The zero-order valence-electron chi connectivity index (χ0n) is 9.52. The predicted octanol–water partition coefficient (Wildman–Crippen LogP) is 1.40. The Balaban J connectivity index is 1.90. The highest BCUT2D eigenvalue weighted by atomic mass is 16.1. The number of carbonyl (C=O) groups is 1. The Morgan fingerprint density at radius 1 is 1.50 bits per heavy atom. The van der Waals surface area contributed by atoms with E-state index in [0.29, 0.717) is 12.0 Å². The molecule has 0 aliphatic heterocycles. The van der Waals surface area contributed by atoms with E-state index >= 15 is 0 Å². The molecule has 0 spiro atoms. The fraction of sp³-hybridized carbons (Fsp3) is 0.462. The van der Waals surface area contributed by atoms with Crippen LogP contribution in [0, 0.1) is 0 Å². The molecule has 3 nitrogen and oxygen atoms in total. The van der Waals surface area contributed by atoms with E-state index < -0.39 is 0 Å². The first-order chi connectivity index (χ1) is 7.72. The second kappa shape index (κ2) is 4.66. The predicted molar refractivity (Wildman–Crippen MR) is 64.0 cm³/mol. The molecule has 1 fully saturated rings. The van der Waals surface area contributed by atoms with E-state index in [9.17, 15) is 4.79 Å². The maximum Gasteiger partial charge on any atom is 0.234 e. The van der Waals surface area contributed by atoms with Crippen molar-refractivity contribution in [2.45, 2.75) is 37.8 Å². The molecule has 3 atom stereocenters. The number of hydrogen-bond donors (Lipinski definition) is 2. The van der Waals surface area contributed by atoms with Crippen molar-refractivity contribution in [3.8, 4) is 0 Å². The third-order valence-corrected chi connectivity index (χ3v) is 3.19. The van der Waals surface area contributed by atoms with Gasteiger partial charge in [-0.25, -0.2) is 0 Å². The number of nitrogens with one attached hydrogen (secondary N) is 1. The number of amides is 1. The van der Waals surface area contributed by atoms with Crippen LogP contribution in [0.25, 0.3) is 0 Å². The van der Waals surface area contributed by atoms with E-state index in [2.05, 4.69) is 29.6 Å². The zero-order chi connectivity index (χ0) is 11.5. The van der Waals surface area contributed by atoms with Crippen molar-refractivity contribution in [1.82, 2.24) is 5.32 Å². The highest BCUT2D eigenvalue weighted by Gasteiger charge is 2.39. The molecule has 0 heterocycles. The van der Waals surface area contributed by atoms with Crippen molar-refractivity contribution in [2.75, 3.05) is 0 Å². The highest BCUT2D eigenvalue weighted by molar-refractivity contribution is 5.79. The summed E-state index contributed by atoms with van der Waals surface area (Å²) in [7, 11) is 0. The van der Waals surface area contributed by atoms with Gasteiger partial charge < -0.3 is 11.1 Å². The van der Waals surface area contributed by atoms with Crippen molar-refractivity contribution in [1.29, 1.82) is 0 Å². The minimum absolute atomic E-state index is 0.182. The minimum atomic E-state index is -0.249. The quantitative estimate of drug-likeness (QED) is 0.784. The number of carbonyl (C=O) groups excluding carboxylic acids is 1. The van der Waals surface area contributed by atoms with Gasteiger partial charge in [0.05, 0.1) is 6.04 Å². The summed E-state index contributed by atoms with van der Waals surface area (Å²) in [5.41, 5.74) is 6.65. The third-order valence-electron chi connectivity index (χ3n) is 3.19. The fourth-order valence-electron chi connectivity index (χ4n) is 2.11. The van der Waals surface area contributed by atoms with E-state index in [1.54, 1.807) is 0 Å². The summed E-state index contributed by atoms with van der Waals surface area (Å²) >= 11 is 0. The van der Waals surface area contributed by atoms with Gasteiger partial charge in [0.2, 0.25) is 5.91 Å². The normalized spacial score (nSPS) is 25.1. The standard InChI is InChI=1S/C13H18N2O/c1-2-11(13(14)16)15-12-8-10(12)9-6-4-3-5-7-9/h3-7,10-12,15H,2,8H2,1H3,(H2,14,16). The third kappa shape index (κ3) is 2.42. The van der Waals surface area contributed by atoms with Crippen LogP contribution in [0.15, 0.2) is 30.3 Å². The SMILES string of the molecule is CCC(NC1CC1c1ccccc1)C(N)=O. The molecule has 1 aromatic rings. The van der Waals surface area contributed by atoms with Crippen molar-refractivity contribution in [2.24, 2.45) is 5.73 Å². The molecule has 1 aromatic carbocycles. The second-order valence-corrected chi connectivity index (χ2v) is 4.39. The molecule has 1 amide bonds. The van der Waals surface area contributed by atoms with Gasteiger partial charge in [0.15, 0.2) is 0 Å². The Morgan fingerprint density at radius 3 is 2.75 bits per heavy atom. The molecule has 2 rings (SSSR count). The highest BCUT2D eigenvalue weighted by Crippen LogP contribution is 2.40. The maximum atomic E-state index is 11.1. The first-order valence-electron chi connectivity index (χ1n) is 5.82. The van der Waals surface area contributed by atoms with E-state index in [0.717, 1.165) is 12.8 Å². The Labute approximate surface area is 96.0 Å². The summed E-state index contributed by atoms with van der Waals surface area (Å²) < 4.78 is 0. The summed E-state index contributed by atoms with van der Waals surface area (Å²) in [4.78, 5) is 11.1. The van der Waals surface area contributed by atoms with Gasteiger partial charge in [0.25, 0.3) is 0 Å². The summed E-state index contributed by atoms with van der Waals surface area (Å²) in [6, 6.07) is 10.6. The minimum Gasteiger partial charge on any atom is -0.368 e. The van der Waals surface area contributed by atoms with Crippen LogP contribution in [0.5, 0.6) is 0 Å². The van der Waals surface area contributed by atoms with Crippen LogP contribution >= 0.6 is 0 Å². The monoisotopic (exact) mass is 218 g/mol. The van der Waals surface area contributed by atoms with Gasteiger partial charge in [0, 0.05) is 12.0 Å². The average Bonchev–Trinajstić information content (AvgIpc) is 3.06. The molecular weight excluding hydrogens is 200 g/mol. The molecule has 0 saturated heterocycles. The Hall–Kier alpha value is -1.35. The van der Waals surface area contributed by atoms with E-state index in [-0.39, 0.29) is 11.9 Å². The van der Waals surface area contributed by atoms with Crippen molar-refractivity contribution >= 4 is 5.91 Å². The zero-order valence-corrected chi connectivity index (χ0v) is 9.52. The maximum absolute atomic E-state index is 11.1. The molecule has 3 heteroatoms. The van der Waals surface area contributed by atoms with Gasteiger partial charge in [-0.2, -0.15) is 0 Å². The van der Waals surface area contributed by atoms with Crippen LogP contribution in [-0.4, -0.2) is 18.0 Å². The van der Waals surface area contributed by atoms with Crippen LogP contribution in [0.1, 0.15) is 31.2 Å². The van der Waals surface area contributed by atoms with Gasteiger partial charge in [-0.15, -0.1) is 0 Å². The van der Waals surface area contributed by atoms with Crippen molar-refractivity contribution in [3.05, 3.63) is 35.9 Å². The van der Waals surface area contributed by atoms with Crippen LogP contribution in [0.3, 0.4) is 0 Å². The Morgan fingerprint density at radius 2 is 2.19 bits per heavy atom. The Kier molecular flexibility index (Phi) is 3.25. The molecule has 3 unspecified atom stereocenters. The van der Waals surface area contributed by atoms with Crippen molar-refractivity contribution < 1.29 is 4.79 Å². The molecule has 1 aliphatic rings. The smallest absolute Gasteiger partial charge is 0.234 e. The number of benzene rings is 1.